The number of nitrogens with zero attached hydrogens (tertiary/aromatic N) is 8. The van der Waals surface area contributed by atoms with E-state index in [0.29, 0.717) is 0 Å². The lowest BCUT2D eigenvalue weighted by Gasteiger charge is -2.26. The minimum Gasteiger partial charge on any atom is -0.310 e. The lowest BCUT2D eigenvalue weighted by molar-refractivity contribution is 1.13. The van der Waals surface area contributed by atoms with Gasteiger partial charge in [-0.1, -0.05) is 146 Å². The van der Waals surface area contributed by atoms with E-state index in [-0.39, 0.29) is 0 Å². The van der Waals surface area contributed by atoms with Crippen LogP contribution in [0.15, 0.2) is 352 Å². The van der Waals surface area contributed by atoms with Crippen LogP contribution < -0.4 is 19.6 Å². The summed E-state index contributed by atoms with van der Waals surface area (Å²) in [6, 6.07) is 117. The summed E-state index contributed by atoms with van der Waals surface area (Å²) in [6.07, 6.45) is 7.84. The van der Waals surface area contributed by atoms with Gasteiger partial charge in [0.25, 0.3) is 0 Å². The number of rotatable bonds is 15. The molecular weight excluding hydrogens is 1100 g/mol. The van der Waals surface area contributed by atoms with Crippen LogP contribution in [0.25, 0.3) is 66.1 Å². The number of hydrogen-bond donors (Lipinski definition) is 0. The fourth-order valence-corrected chi connectivity index (χ4v) is 13.1. The van der Waals surface area contributed by atoms with Gasteiger partial charge in [-0.2, -0.15) is 0 Å². The molecule has 8 heteroatoms. The van der Waals surface area contributed by atoms with Gasteiger partial charge in [-0.25, -0.2) is 0 Å². The van der Waals surface area contributed by atoms with Crippen LogP contribution in [0.1, 0.15) is 0 Å². The molecule has 0 saturated heterocycles. The minimum atomic E-state index is 0.930. The Hall–Kier alpha value is -12.3. The second-order valence-corrected chi connectivity index (χ2v) is 22.3. The predicted octanol–water partition coefficient (Wildman–Crippen LogP) is 22.2. The number of fused-ring (bicyclic) bond motifs is 6. The molecular formula is C82H58N8. The van der Waals surface area contributed by atoms with Crippen molar-refractivity contribution >= 4 is 112 Å². The SMILES string of the molecule is c1ccc(N(c2ccccc2)c2ccc3c(c2)c2cc(N(c4ccccc4)c4ccccc4)ccc2n3-c2ccncc2-c2cnccc2-n2c3ccc(N(c4ccccc4)c4ccccc4)cc3c3cc(N(c4ccccc4)c4ccccc4)ccc32)cc1. The highest BCUT2D eigenvalue weighted by atomic mass is 15.2. The predicted molar refractivity (Wildman–Crippen MR) is 375 cm³/mol. The Bertz CT molecular complexity index is 4410. The smallest absolute Gasteiger partial charge is 0.0572 e. The van der Waals surface area contributed by atoms with Crippen LogP contribution in [0.3, 0.4) is 0 Å². The molecule has 4 heterocycles. The zero-order valence-corrected chi connectivity index (χ0v) is 49.1. The first-order valence-corrected chi connectivity index (χ1v) is 30.4. The van der Waals surface area contributed by atoms with Gasteiger partial charge in [0, 0.05) is 126 Å². The van der Waals surface area contributed by atoms with Gasteiger partial charge in [-0.3, -0.25) is 9.97 Å². The highest BCUT2D eigenvalue weighted by Crippen LogP contribution is 2.47. The van der Waals surface area contributed by atoms with E-state index in [4.69, 9.17) is 9.97 Å². The van der Waals surface area contributed by atoms with Crippen LogP contribution in [-0.2, 0) is 0 Å². The van der Waals surface area contributed by atoms with Crippen LogP contribution in [0.4, 0.5) is 68.2 Å². The van der Waals surface area contributed by atoms with E-state index in [1.165, 1.54) is 0 Å². The Balaban J connectivity index is 0.924. The molecule has 0 unspecified atom stereocenters. The number of hydrogen-bond acceptors (Lipinski definition) is 6. The van der Waals surface area contributed by atoms with E-state index in [2.05, 4.69) is 356 Å². The maximum atomic E-state index is 4.95. The van der Waals surface area contributed by atoms with E-state index in [1.54, 1.807) is 0 Å². The van der Waals surface area contributed by atoms with Crippen LogP contribution in [-0.4, -0.2) is 19.1 Å². The van der Waals surface area contributed by atoms with Gasteiger partial charge in [-0.05, 0) is 182 Å². The van der Waals surface area contributed by atoms with Crippen molar-refractivity contribution in [1.82, 2.24) is 19.1 Å². The zero-order chi connectivity index (χ0) is 59.7. The Morgan fingerprint density at radius 3 is 0.600 bits per heavy atom. The molecule has 0 spiro atoms. The van der Waals surface area contributed by atoms with Crippen molar-refractivity contribution in [1.29, 1.82) is 0 Å². The fourth-order valence-electron chi connectivity index (χ4n) is 13.1. The topological polar surface area (TPSA) is 48.6 Å². The average molecular weight is 1160 g/mol. The number of anilines is 12. The van der Waals surface area contributed by atoms with Crippen molar-refractivity contribution in [3.05, 3.63) is 352 Å². The van der Waals surface area contributed by atoms with Crippen molar-refractivity contribution in [3.63, 3.8) is 0 Å². The first-order valence-electron chi connectivity index (χ1n) is 30.4. The van der Waals surface area contributed by atoms with Gasteiger partial charge < -0.3 is 28.7 Å². The van der Waals surface area contributed by atoms with E-state index in [0.717, 1.165) is 134 Å². The molecule has 426 valence electrons. The standard InChI is InChI=1S/C82H58N8/c1-9-25-59(26-10-1)85(60-27-11-2-12-28-60)67-41-45-77-71(53-67)72-54-68(86(61-29-13-3-14-30-61)62-31-15-4-16-32-62)42-46-78(72)89(77)81-49-51-83-57-75(81)76-58-84-52-50-82(76)90-79-47-43-69(87(63-33-17-5-18-34-63)64-35-19-6-20-36-64)55-73(79)74-56-70(44-48-80(74)90)88(65-37-21-7-22-38-65)66-39-23-8-24-40-66/h1-58H. The first-order chi connectivity index (χ1) is 44.7. The van der Waals surface area contributed by atoms with E-state index in [1.807, 2.05) is 24.8 Å². The largest absolute Gasteiger partial charge is 0.310 e. The Labute approximate surface area is 522 Å². The fraction of sp³-hybridized carbons (Fsp3) is 0. The van der Waals surface area contributed by atoms with Gasteiger partial charge in [0.15, 0.2) is 0 Å². The lowest BCUT2D eigenvalue weighted by atomic mass is 10.0. The highest BCUT2D eigenvalue weighted by Gasteiger charge is 2.26. The number of benzene rings is 12. The quantitative estimate of drug-likeness (QED) is 0.102. The summed E-state index contributed by atoms with van der Waals surface area (Å²) in [5.74, 6) is 0. The number of aromatic nitrogens is 4. The Morgan fingerprint density at radius 2 is 0.400 bits per heavy atom. The molecule has 8 nitrogen and oxygen atoms in total. The third-order valence-corrected chi connectivity index (χ3v) is 17.0. The highest BCUT2D eigenvalue weighted by molar-refractivity contribution is 6.14. The van der Waals surface area contributed by atoms with Crippen LogP contribution in [0.5, 0.6) is 0 Å². The first kappa shape index (κ1) is 53.2. The molecule has 0 N–H and O–H groups in total. The normalized spacial score (nSPS) is 11.3. The van der Waals surface area contributed by atoms with Crippen LogP contribution in [0.2, 0.25) is 0 Å². The molecule has 0 aliphatic carbocycles. The van der Waals surface area contributed by atoms with E-state index in [9.17, 15) is 0 Å². The van der Waals surface area contributed by atoms with Crippen molar-refractivity contribution in [2.24, 2.45) is 0 Å². The van der Waals surface area contributed by atoms with Gasteiger partial charge in [-0.15, -0.1) is 0 Å². The maximum Gasteiger partial charge on any atom is 0.0572 e. The Morgan fingerprint density at radius 1 is 0.200 bits per heavy atom. The maximum absolute atomic E-state index is 4.95. The molecule has 0 fully saturated rings. The van der Waals surface area contributed by atoms with Gasteiger partial charge >= 0.3 is 0 Å². The second-order valence-electron chi connectivity index (χ2n) is 22.3. The lowest BCUT2D eigenvalue weighted by Crippen LogP contribution is -2.09. The molecule has 0 amide bonds. The summed E-state index contributed by atoms with van der Waals surface area (Å²) in [5, 5.41) is 4.41. The Kier molecular flexibility index (Phi) is 13.7. The molecule has 0 atom stereocenters. The third-order valence-electron chi connectivity index (χ3n) is 17.0. The summed E-state index contributed by atoms with van der Waals surface area (Å²) < 4.78 is 4.84. The van der Waals surface area contributed by atoms with Gasteiger partial charge in [0.2, 0.25) is 0 Å². The molecule has 0 saturated carbocycles. The molecule has 12 aromatic carbocycles. The van der Waals surface area contributed by atoms with Crippen molar-refractivity contribution in [2.45, 2.75) is 0 Å². The van der Waals surface area contributed by atoms with Crippen molar-refractivity contribution < 1.29 is 0 Å². The summed E-state index contributed by atoms with van der Waals surface area (Å²) in [6.45, 7) is 0. The number of pyridine rings is 2. The average Bonchev–Trinajstić information content (AvgIpc) is 1.61. The van der Waals surface area contributed by atoms with Crippen molar-refractivity contribution in [2.75, 3.05) is 19.6 Å². The summed E-state index contributed by atoms with van der Waals surface area (Å²) in [5.41, 5.74) is 20.7. The van der Waals surface area contributed by atoms with Gasteiger partial charge in [0.1, 0.15) is 0 Å². The molecule has 16 rings (SSSR count). The molecule has 0 bridgehead atoms. The molecule has 4 aromatic heterocycles. The molecule has 16 aromatic rings. The molecule has 90 heavy (non-hydrogen) atoms. The molecule has 0 aliphatic heterocycles. The van der Waals surface area contributed by atoms with E-state index >= 15 is 0 Å². The second kappa shape index (κ2) is 23.2. The van der Waals surface area contributed by atoms with Crippen molar-refractivity contribution in [3.8, 4) is 22.5 Å². The summed E-state index contributed by atoms with van der Waals surface area (Å²) in [4.78, 5) is 19.3. The summed E-state index contributed by atoms with van der Waals surface area (Å²) in [7, 11) is 0. The van der Waals surface area contributed by atoms with E-state index < -0.39 is 0 Å². The van der Waals surface area contributed by atoms with Crippen LogP contribution >= 0.6 is 0 Å². The number of para-hydroxylation sites is 8. The monoisotopic (exact) mass is 1150 g/mol. The third kappa shape index (κ3) is 9.62. The molecule has 0 aliphatic rings. The summed E-state index contributed by atoms with van der Waals surface area (Å²) >= 11 is 0. The minimum absolute atomic E-state index is 0.930. The van der Waals surface area contributed by atoms with Gasteiger partial charge in [0.05, 0.1) is 33.4 Å². The van der Waals surface area contributed by atoms with Crippen LogP contribution in [0, 0.1) is 0 Å². The molecule has 0 radical (unpaired) electrons. The zero-order valence-electron chi connectivity index (χ0n) is 49.1.